The molecule has 0 radical (unpaired) electrons. The highest BCUT2D eigenvalue weighted by Crippen LogP contribution is 2.23. The number of carbonyl (C=O) groups is 1. The van der Waals surface area contributed by atoms with Crippen molar-refractivity contribution in [3.63, 3.8) is 0 Å². The van der Waals surface area contributed by atoms with Crippen molar-refractivity contribution >= 4 is 40.8 Å². The lowest BCUT2D eigenvalue weighted by atomic mass is 10.0. The number of hydrogen-bond donors (Lipinski definition) is 1. The second-order valence-corrected chi connectivity index (χ2v) is 6.96. The zero-order valence-electron chi connectivity index (χ0n) is 15.3. The minimum atomic E-state index is -0.187. The first kappa shape index (κ1) is 20.0. The summed E-state index contributed by atoms with van der Waals surface area (Å²) in [5, 5.41) is 4.02. The fourth-order valence-electron chi connectivity index (χ4n) is 2.70. The lowest BCUT2D eigenvalue weighted by molar-refractivity contribution is -0.115. The normalized spacial score (nSPS) is 11.2. The molecule has 5 heteroatoms. The molecule has 0 unspecified atom stereocenters. The van der Waals surface area contributed by atoms with Gasteiger partial charge in [-0.1, -0.05) is 71.7 Å². The summed E-state index contributed by atoms with van der Waals surface area (Å²) in [6.45, 7) is 0.307. The minimum Gasteiger partial charge on any atom is -0.497 e. The average Bonchev–Trinajstić information content (AvgIpc) is 2.72. The van der Waals surface area contributed by atoms with Crippen LogP contribution >= 0.6 is 23.2 Å². The SMILES string of the molecule is COc1ccc(C=C(C(=O)NCc2ccc(Cl)cc2Cl)c2ccccc2)cc1. The van der Waals surface area contributed by atoms with E-state index in [-0.39, 0.29) is 5.91 Å². The number of rotatable bonds is 6. The van der Waals surface area contributed by atoms with Gasteiger partial charge in [0, 0.05) is 22.2 Å². The Bertz CT molecular complexity index is 983. The van der Waals surface area contributed by atoms with Crippen LogP contribution in [0.15, 0.2) is 72.8 Å². The number of methoxy groups -OCH3 is 1. The molecule has 0 spiro atoms. The van der Waals surface area contributed by atoms with Gasteiger partial charge in [-0.05, 0) is 47.0 Å². The van der Waals surface area contributed by atoms with Gasteiger partial charge in [-0.15, -0.1) is 0 Å². The molecular formula is C23H19Cl2NO2. The van der Waals surface area contributed by atoms with Crippen LogP contribution in [-0.4, -0.2) is 13.0 Å². The van der Waals surface area contributed by atoms with E-state index in [2.05, 4.69) is 5.32 Å². The predicted octanol–water partition coefficient (Wildman–Crippen LogP) is 5.86. The summed E-state index contributed by atoms with van der Waals surface area (Å²) >= 11 is 12.1. The summed E-state index contributed by atoms with van der Waals surface area (Å²) in [7, 11) is 1.62. The van der Waals surface area contributed by atoms with E-state index in [1.54, 1.807) is 25.3 Å². The molecule has 3 rings (SSSR count). The summed E-state index contributed by atoms with van der Waals surface area (Å²) in [5.41, 5.74) is 3.10. The van der Waals surface area contributed by atoms with E-state index >= 15 is 0 Å². The monoisotopic (exact) mass is 411 g/mol. The molecule has 0 aromatic heterocycles. The van der Waals surface area contributed by atoms with Crippen molar-refractivity contribution in [3.8, 4) is 5.75 Å². The van der Waals surface area contributed by atoms with Crippen LogP contribution < -0.4 is 10.1 Å². The van der Waals surface area contributed by atoms with E-state index < -0.39 is 0 Å². The van der Waals surface area contributed by atoms with Crippen LogP contribution in [0.3, 0.4) is 0 Å². The van der Waals surface area contributed by atoms with Gasteiger partial charge in [-0.3, -0.25) is 4.79 Å². The standard InChI is InChI=1S/C23H19Cl2NO2/c1-28-20-11-7-16(8-12-20)13-21(17-5-3-2-4-6-17)23(27)26-15-18-9-10-19(24)14-22(18)25/h2-14H,15H2,1H3,(H,26,27). The van der Waals surface area contributed by atoms with Gasteiger partial charge in [-0.2, -0.15) is 0 Å². The highest BCUT2D eigenvalue weighted by Gasteiger charge is 2.13. The van der Waals surface area contributed by atoms with Crippen molar-refractivity contribution in [1.82, 2.24) is 5.32 Å². The Labute approximate surface area is 174 Å². The molecule has 0 bridgehead atoms. The lowest BCUT2D eigenvalue weighted by Crippen LogP contribution is -2.24. The van der Waals surface area contributed by atoms with Gasteiger partial charge in [0.2, 0.25) is 0 Å². The number of ether oxygens (including phenoxy) is 1. The molecule has 1 amide bonds. The fourth-order valence-corrected chi connectivity index (χ4v) is 3.18. The quantitative estimate of drug-likeness (QED) is 0.407. The molecule has 3 aromatic carbocycles. The molecule has 3 nitrogen and oxygen atoms in total. The van der Waals surface area contributed by atoms with Crippen LogP contribution in [-0.2, 0) is 11.3 Å². The van der Waals surface area contributed by atoms with Crippen LogP contribution in [0.1, 0.15) is 16.7 Å². The Kier molecular flexibility index (Phi) is 6.75. The smallest absolute Gasteiger partial charge is 0.252 e. The summed E-state index contributed by atoms with van der Waals surface area (Å²) in [5.74, 6) is 0.577. The third kappa shape index (κ3) is 5.16. The van der Waals surface area contributed by atoms with Crippen molar-refractivity contribution in [2.24, 2.45) is 0 Å². The van der Waals surface area contributed by atoms with Gasteiger partial charge >= 0.3 is 0 Å². The van der Waals surface area contributed by atoms with Crippen molar-refractivity contribution in [2.45, 2.75) is 6.54 Å². The first-order chi connectivity index (χ1) is 13.6. The van der Waals surface area contributed by atoms with Gasteiger partial charge < -0.3 is 10.1 Å². The molecule has 1 N–H and O–H groups in total. The van der Waals surface area contributed by atoms with Crippen molar-refractivity contribution < 1.29 is 9.53 Å². The summed E-state index contributed by atoms with van der Waals surface area (Å²) in [6.07, 6.45) is 1.85. The third-order valence-electron chi connectivity index (χ3n) is 4.21. The van der Waals surface area contributed by atoms with Gasteiger partial charge in [0.1, 0.15) is 5.75 Å². The van der Waals surface area contributed by atoms with Crippen LogP contribution in [0.4, 0.5) is 0 Å². The molecule has 0 aliphatic heterocycles. The van der Waals surface area contributed by atoms with Crippen molar-refractivity contribution in [2.75, 3.05) is 7.11 Å². The van der Waals surface area contributed by atoms with Gasteiger partial charge in [-0.25, -0.2) is 0 Å². The van der Waals surface area contributed by atoms with E-state index in [1.165, 1.54) is 0 Å². The molecule has 0 fully saturated rings. The molecule has 142 valence electrons. The van der Waals surface area contributed by atoms with Crippen LogP contribution in [0, 0.1) is 0 Å². The van der Waals surface area contributed by atoms with Gasteiger partial charge in [0.25, 0.3) is 5.91 Å². The second kappa shape index (κ2) is 9.45. The number of benzene rings is 3. The largest absolute Gasteiger partial charge is 0.497 e. The van der Waals surface area contributed by atoms with Crippen LogP contribution in [0.2, 0.25) is 10.0 Å². The first-order valence-electron chi connectivity index (χ1n) is 8.70. The van der Waals surface area contributed by atoms with E-state index in [9.17, 15) is 4.79 Å². The summed E-state index contributed by atoms with van der Waals surface area (Å²) in [6, 6.07) is 22.3. The molecule has 0 saturated heterocycles. The second-order valence-electron chi connectivity index (χ2n) is 6.12. The zero-order chi connectivity index (χ0) is 19.9. The minimum absolute atomic E-state index is 0.187. The number of halogens is 2. The van der Waals surface area contributed by atoms with Crippen LogP contribution in [0.5, 0.6) is 5.75 Å². The lowest BCUT2D eigenvalue weighted by Gasteiger charge is -2.11. The molecule has 0 heterocycles. The Balaban J connectivity index is 1.85. The van der Waals surface area contributed by atoms with Crippen molar-refractivity contribution in [1.29, 1.82) is 0 Å². The Morgan fingerprint density at radius 1 is 1.00 bits per heavy atom. The maximum Gasteiger partial charge on any atom is 0.252 e. The molecule has 28 heavy (non-hydrogen) atoms. The van der Waals surface area contributed by atoms with E-state index in [0.29, 0.717) is 22.2 Å². The van der Waals surface area contributed by atoms with Gasteiger partial charge in [0.15, 0.2) is 0 Å². The Morgan fingerprint density at radius 2 is 1.71 bits per heavy atom. The fraction of sp³-hybridized carbons (Fsp3) is 0.0870. The number of carbonyl (C=O) groups excluding carboxylic acids is 1. The topological polar surface area (TPSA) is 38.3 Å². The molecule has 0 aliphatic carbocycles. The van der Waals surface area contributed by atoms with E-state index in [4.69, 9.17) is 27.9 Å². The Hall–Kier alpha value is -2.75. The average molecular weight is 412 g/mol. The number of hydrogen-bond acceptors (Lipinski definition) is 2. The molecular weight excluding hydrogens is 393 g/mol. The maximum atomic E-state index is 12.9. The molecule has 3 aromatic rings. The molecule has 0 atom stereocenters. The zero-order valence-corrected chi connectivity index (χ0v) is 16.8. The maximum absolute atomic E-state index is 12.9. The van der Waals surface area contributed by atoms with E-state index in [1.807, 2.05) is 60.7 Å². The Morgan fingerprint density at radius 3 is 2.36 bits per heavy atom. The third-order valence-corrected chi connectivity index (χ3v) is 4.80. The number of nitrogens with one attached hydrogen (secondary N) is 1. The molecule has 0 aliphatic rings. The first-order valence-corrected chi connectivity index (χ1v) is 9.45. The van der Waals surface area contributed by atoms with Gasteiger partial charge in [0.05, 0.1) is 7.11 Å². The summed E-state index contributed by atoms with van der Waals surface area (Å²) in [4.78, 5) is 12.9. The van der Waals surface area contributed by atoms with Crippen LogP contribution in [0.25, 0.3) is 11.6 Å². The highest BCUT2D eigenvalue weighted by molar-refractivity contribution is 6.35. The summed E-state index contributed by atoms with van der Waals surface area (Å²) < 4.78 is 5.19. The number of amides is 1. The predicted molar refractivity (Wildman–Crippen MR) is 116 cm³/mol. The van der Waals surface area contributed by atoms with Crippen molar-refractivity contribution in [3.05, 3.63) is 99.5 Å². The molecule has 0 saturated carbocycles. The highest BCUT2D eigenvalue weighted by atomic mass is 35.5. The van der Waals surface area contributed by atoms with E-state index in [0.717, 1.165) is 22.4 Å².